The van der Waals surface area contributed by atoms with Gasteiger partial charge in [0.25, 0.3) is 0 Å². The highest BCUT2D eigenvalue weighted by molar-refractivity contribution is 8.00. The molecule has 3 nitrogen and oxygen atoms in total. The molecule has 1 amide bonds. The van der Waals surface area contributed by atoms with Gasteiger partial charge < -0.3 is 10.4 Å². The van der Waals surface area contributed by atoms with Crippen molar-refractivity contribution in [1.29, 1.82) is 0 Å². The monoisotopic (exact) mass is 251 g/mol. The van der Waals surface area contributed by atoms with Gasteiger partial charge in [0.2, 0.25) is 5.91 Å². The molecule has 0 fully saturated rings. The Hall–Kier alpha value is -1.00. The third kappa shape index (κ3) is 3.01. The summed E-state index contributed by atoms with van der Waals surface area (Å²) in [6, 6.07) is 8.15. The maximum Gasteiger partial charge on any atom is 0.237 e. The molecule has 0 aliphatic carbocycles. The lowest BCUT2D eigenvalue weighted by atomic mass is 10.0. The van der Waals surface area contributed by atoms with Crippen LogP contribution in [-0.2, 0) is 11.2 Å². The summed E-state index contributed by atoms with van der Waals surface area (Å²) in [4.78, 5) is 12.0. The molecular formula is C13H17NO2S. The number of aliphatic hydroxyl groups is 1. The van der Waals surface area contributed by atoms with Gasteiger partial charge in [0.15, 0.2) is 0 Å². The summed E-state index contributed by atoms with van der Waals surface area (Å²) in [5.74, 6) is 1.06. The lowest BCUT2D eigenvalue weighted by Crippen LogP contribution is -2.31. The largest absolute Gasteiger partial charge is 0.396 e. The number of hydrogen-bond acceptors (Lipinski definition) is 3. The average molecular weight is 251 g/mol. The molecule has 0 bridgehead atoms. The fourth-order valence-corrected chi connectivity index (χ4v) is 3.21. The van der Waals surface area contributed by atoms with E-state index in [1.807, 2.05) is 18.2 Å². The second-order valence-corrected chi connectivity index (χ2v) is 5.28. The molecule has 4 heteroatoms. The highest BCUT2D eigenvalue weighted by atomic mass is 32.2. The van der Waals surface area contributed by atoms with E-state index < -0.39 is 0 Å². The Balaban J connectivity index is 2.05. The van der Waals surface area contributed by atoms with Crippen LogP contribution in [0.4, 0.5) is 0 Å². The van der Waals surface area contributed by atoms with E-state index in [2.05, 4.69) is 11.4 Å². The van der Waals surface area contributed by atoms with E-state index in [0.29, 0.717) is 13.0 Å². The van der Waals surface area contributed by atoms with Gasteiger partial charge in [-0.1, -0.05) is 24.3 Å². The van der Waals surface area contributed by atoms with E-state index in [1.165, 1.54) is 5.56 Å². The number of aliphatic hydroxyl groups excluding tert-OH is 1. The molecule has 0 radical (unpaired) electrons. The summed E-state index contributed by atoms with van der Waals surface area (Å²) >= 11 is 1.70. The van der Waals surface area contributed by atoms with Gasteiger partial charge in [-0.15, -0.1) is 11.8 Å². The Morgan fingerprint density at radius 3 is 3.12 bits per heavy atom. The third-order valence-electron chi connectivity index (χ3n) is 2.87. The number of rotatable bonds is 4. The van der Waals surface area contributed by atoms with Crippen LogP contribution in [-0.4, -0.2) is 29.9 Å². The maximum atomic E-state index is 12.0. The molecule has 0 saturated carbocycles. The van der Waals surface area contributed by atoms with E-state index in [-0.39, 0.29) is 17.8 Å². The molecule has 1 aromatic rings. The van der Waals surface area contributed by atoms with E-state index in [4.69, 9.17) is 5.11 Å². The molecule has 2 rings (SSSR count). The highest BCUT2D eigenvalue weighted by Gasteiger charge is 2.26. The number of amides is 1. The van der Waals surface area contributed by atoms with Crippen LogP contribution in [0, 0.1) is 0 Å². The van der Waals surface area contributed by atoms with Crippen LogP contribution >= 0.6 is 11.8 Å². The van der Waals surface area contributed by atoms with Crippen molar-refractivity contribution < 1.29 is 9.90 Å². The minimum absolute atomic E-state index is 0.0654. The molecule has 1 aliphatic heterocycles. The first-order valence-corrected chi connectivity index (χ1v) is 6.96. The molecule has 1 aromatic carbocycles. The van der Waals surface area contributed by atoms with Crippen molar-refractivity contribution in [2.75, 3.05) is 18.9 Å². The number of aryl methyl sites for hydroxylation is 1. The Morgan fingerprint density at radius 1 is 1.47 bits per heavy atom. The topological polar surface area (TPSA) is 49.3 Å². The van der Waals surface area contributed by atoms with Crippen molar-refractivity contribution in [3.63, 3.8) is 0 Å². The fraction of sp³-hybridized carbons (Fsp3) is 0.462. The van der Waals surface area contributed by atoms with Crippen molar-refractivity contribution in [2.24, 2.45) is 0 Å². The minimum Gasteiger partial charge on any atom is -0.396 e. The number of carbonyl (C=O) groups is 1. The second kappa shape index (κ2) is 6.07. The minimum atomic E-state index is -0.0846. The lowest BCUT2D eigenvalue weighted by Gasteiger charge is -2.24. The SMILES string of the molecule is O=C(NCCCO)C1SCCc2ccccc21. The average Bonchev–Trinajstić information content (AvgIpc) is 2.38. The summed E-state index contributed by atoms with van der Waals surface area (Å²) in [7, 11) is 0. The van der Waals surface area contributed by atoms with E-state index >= 15 is 0 Å². The summed E-state index contributed by atoms with van der Waals surface area (Å²) in [5, 5.41) is 11.5. The van der Waals surface area contributed by atoms with Crippen molar-refractivity contribution in [3.05, 3.63) is 35.4 Å². The van der Waals surface area contributed by atoms with Crippen molar-refractivity contribution >= 4 is 17.7 Å². The molecule has 92 valence electrons. The molecule has 0 saturated heterocycles. The normalized spacial score (nSPS) is 18.5. The van der Waals surface area contributed by atoms with Gasteiger partial charge >= 0.3 is 0 Å². The number of hydrogen-bond donors (Lipinski definition) is 2. The number of thioether (sulfide) groups is 1. The van der Waals surface area contributed by atoms with Crippen LogP contribution in [0.25, 0.3) is 0 Å². The van der Waals surface area contributed by atoms with Gasteiger partial charge in [0, 0.05) is 13.2 Å². The Labute approximate surface area is 106 Å². The highest BCUT2D eigenvalue weighted by Crippen LogP contribution is 2.36. The maximum absolute atomic E-state index is 12.0. The number of carbonyl (C=O) groups excluding carboxylic acids is 1. The van der Waals surface area contributed by atoms with Gasteiger partial charge in [-0.2, -0.15) is 0 Å². The summed E-state index contributed by atoms with van der Waals surface area (Å²) in [6.07, 6.45) is 1.66. The molecule has 2 N–H and O–H groups in total. The van der Waals surface area contributed by atoms with Gasteiger partial charge in [-0.3, -0.25) is 4.79 Å². The molecule has 0 aromatic heterocycles. The van der Waals surface area contributed by atoms with Crippen molar-refractivity contribution in [2.45, 2.75) is 18.1 Å². The smallest absolute Gasteiger partial charge is 0.237 e. The van der Waals surface area contributed by atoms with E-state index in [1.54, 1.807) is 11.8 Å². The predicted octanol–water partition coefficient (Wildman–Crippen LogP) is 1.52. The first-order valence-electron chi connectivity index (χ1n) is 5.91. The second-order valence-electron chi connectivity index (χ2n) is 4.07. The number of fused-ring (bicyclic) bond motifs is 1. The van der Waals surface area contributed by atoms with Gasteiger partial charge in [-0.05, 0) is 29.7 Å². The summed E-state index contributed by atoms with van der Waals surface area (Å²) < 4.78 is 0. The van der Waals surface area contributed by atoms with Crippen LogP contribution < -0.4 is 5.32 Å². The molecule has 1 atom stereocenters. The van der Waals surface area contributed by atoms with Gasteiger partial charge in [0.1, 0.15) is 5.25 Å². The quantitative estimate of drug-likeness (QED) is 0.798. The first kappa shape index (κ1) is 12.5. The zero-order chi connectivity index (χ0) is 12.1. The number of benzene rings is 1. The van der Waals surface area contributed by atoms with E-state index in [0.717, 1.165) is 17.7 Å². The Bertz CT molecular complexity index is 395. The Morgan fingerprint density at radius 2 is 2.29 bits per heavy atom. The predicted molar refractivity (Wildman–Crippen MR) is 70.1 cm³/mol. The molecule has 17 heavy (non-hydrogen) atoms. The molecule has 1 aliphatic rings. The van der Waals surface area contributed by atoms with Crippen LogP contribution in [0.1, 0.15) is 22.8 Å². The van der Waals surface area contributed by atoms with Crippen LogP contribution in [0.5, 0.6) is 0 Å². The van der Waals surface area contributed by atoms with E-state index in [9.17, 15) is 4.79 Å². The molecule has 1 unspecified atom stereocenters. The Kier molecular flexibility index (Phi) is 4.45. The van der Waals surface area contributed by atoms with Gasteiger partial charge in [-0.25, -0.2) is 0 Å². The molecule has 0 spiro atoms. The number of nitrogens with one attached hydrogen (secondary N) is 1. The zero-order valence-electron chi connectivity index (χ0n) is 9.69. The lowest BCUT2D eigenvalue weighted by molar-refractivity contribution is -0.120. The van der Waals surface area contributed by atoms with Crippen molar-refractivity contribution in [1.82, 2.24) is 5.32 Å². The summed E-state index contributed by atoms with van der Waals surface area (Å²) in [5.41, 5.74) is 2.43. The van der Waals surface area contributed by atoms with Gasteiger partial charge in [0.05, 0.1) is 0 Å². The molecule has 1 heterocycles. The first-order chi connectivity index (χ1) is 8.33. The third-order valence-corrected chi connectivity index (χ3v) is 4.11. The zero-order valence-corrected chi connectivity index (χ0v) is 10.5. The summed E-state index contributed by atoms with van der Waals surface area (Å²) in [6.45, 7) is 0.670. The van der Waals surface area contributed by atoms with Crippen LogP contribution in [0.15, 0.2) is 24.3 Å². The standard InChI is InChI=1S/C13H17NO2S/c15-8-3-7-14-13(16)12-11-5-2-1-4-10(11)6-9-17-12/h1-2,4-5,12,15H,3,6-9H2,(H,14,16). The van der Waals surface area contributed by atoms with Crippen LogP contribution in [0.2, 0.25) is 0 Å². The van der Waals surface area contributed by atoms with Crippen LogP contribution in [0.3, 0.4) is 0 Å². The van der Waals surface area contributed by atoms with Crippen molar-refractivity contribution in [3.8, 4) is 0 Å². The fourth-order valence-electron chi connectivity index (χ4n) is 1.99. The molecular weight excluding hydrogens is 234 g/mol.